The molecule has 6 aromatic carbocycles. The third kappa shape index (κ3) is 5.57. The SMILES string of the molecule is CC1(C)c2cc(/C=C/c3ccc(-c4cccc(N5c6ccccc6Sc6ccccc65)c4)cc3)ccc2C2C=CC(N3CCCc4ccccc43)=CC21. The molecule has 10 rings (SSSR count). The van der Waals surface area contributed by atoms with Crippen molar-refractivity contribution in [2.75, 3.05) is 16.3 Å². The highest BCUT2D eigenvalue weighted by Crippen LogP contribution is 2.55. The lowest BCUT2D eigenvalue weighted by atomic mass is 9.74. The highest BCUT2D eigenvalue weighted by atomic mass is 32.2. The molecule has 0 bridgehead atoms. The van der Waals surface area contributed by atoms with Gasteiger partial charge in [0.15, 0.2) is 0 Å². The Balaban J connectivity index is 0.886. The summed E-state index contributed by atoms with van der Waals surface area (Å²) in [5, 5.41) is 0. The van der Waals surface area contributed by atoms with Crippen molar-refractivity contribution < 1.29 is 0 Å². The number of fused-ring (bicyclic) bond motifs is 6. The lowest BCUT2D eigenvalue weighted by Crippen LogP contribution is -2.32. The molecular weight excluding hydrogens is 661 g/mol. The topological polar surface area (TPSA) is 6.48 Å². The Hall–Kier alpha value is -5.51. The van der Waals surface area contributed by atoms with E-state index < -0.39 is 0 Å². The summed E-state index contributed by atoms with van der Waals surface area (Å²) < 4.78 is 0. The van der Waals surface area contributed by atoms with Gasteiger partial charge in [0.05, 0.1) is 11.4 Å². The fourth-order valence-corrected chi connectivity index (χ4v) is 10.2. The summed E-state index contributed by atoms with van der Waals surface area (Å²) in [6.07, 6.45) is 14.3. The third-order valence-electron chi connectivity index (χ3n) is 11.8. The van der Waals surface area contributed by atoms with Crippen molar-refractivity contribution in [1.29, 1.82) is 0 Å². The minimum atomic E-state index is 0.0442. The summed E-state index contributed by atoms with van der Waals surface area (Å²) in [7, 11) is 0. The standard InChI is InChI=1S/C50H42N2S/c1-50(2)43-31-35(24-28-41(43)42-29-27-39(33-44(42)50)51-30-10-13-37-11-3-4-15-45(37)51)21-20-34-22-25-36(26-23-34)38-12-9-14-40(32-38)52-46-16-5-7-18-48(46)53-49-19-8-6-17-47(49)52/h3-9,11-12,14-29,31-33,42,44H,10,13,30H2,1-2H3/b21-20+. The number of hydrogen-bond donors (Lipinski definition) is 0. The molecule has 6 aromatic rings. The maximum Gasteiger partial charge on any atom is 0.0601 e. The molecule has 2 atom stereocenters. The van der Waals surface area contributed by atoms with Crippen LogP contribution in [0.5, 0.6) is 0 Å². The molecule has 53 heavy (non-hydrogen) atoms. The summed E-state index contributed by atoms with van der Waals surface area (Å²) in [6.45, 7) is 5.97. The monoisotopic (exact) mass is 702 g/mol. The van der Waals surface area contributed by atoms with Crippen LogP contribution < -0.4 is 9.80 Å². The van der Waals surface area contributed by atoms with E-state index in [1.54, 1.807) is 0 Å². The normalized spacial score (nSPS) is 19.2. The van der Waals surface area contributed by atoms with Gasteiger partial charge in [0.2, 0.25) is 0 Å². The van der Waals surface area contributed by atoms with Crippen LogP contribution in [0.3, 0.4) is 0 Å². The average molecular weight is 703 g/mol. The molecule has 0 radical (unpaired) electrons. The minimum Gasteiger partial charge on any atom is -0.342 e. The smallest absolute Gasteiger partial charge is 0.0601 e. The number of rotatable bonds is 5. The van der Waals surface area contributed by atoms with Crippen molar-refractivity contribution in [2.24, 2.45) is 5.92 Å². The van der Waals surface area contributed by atoms with Crippen molar-refractivity contribution in [3.63, 3.8) is 0 Å². The minimum absolute atomic E-state index is 0.0442. The largest absolute Gasteiger partial charge is 0.342 e. The first-order chi connectivity index (χ1) is 26.0. The van der Waals surface area contributed by atoms with Crippen molar-refractivity contribution >= 4 is 46.7 Å². The molecule has 2 unspecified atom stereocenters. The maximum atomic E-state index is 2.57. The molecule has 2 aliphatic heterocycles. The van der Waals surface area contributed by atoms with Crippen LogP contribution in [0.4, 0.5) is 22.7 Å². The zero-order valence-electron chi connectivity index (χ0n) is 30.2. The van der Waals surface area contributed by atoms with Crippen LogP contribution in [0.25, 0.3) is 23.3 Å². The highest BCUT2D eigenvalue weighted by molar-refractivity contribution is 7.99. The van der Waals surface area contributed by atoms with Crippen LogP contribution in [-0.2, 0) is 11.8 Å². The van der Waals surface area contributed by atoms with Gasteiger partial charge in [-0.15, -0.1) is 0 Å². The quantitative estimate of drug-likeness (QED) is 0.165. The molecule has 0 saturated heterocycles. The van der Waals surface area contributed by atoms with Gasteiger partial charge in [-0.1, -0.05) is 147 Å². The molecule has 3 heteroatoms. The Labute approximate surface area is 317 Å². The molecule has 2 heterocycles. The van der Waals surface area contributed by atoms with Crippen molar-refractivity contribution in [2.45, 2.75) is 47.8 Å². The Morgan fingerprint density at radius 2 is 1.36 bits per heavy atom. The molecule has 0 saturated carbocycles. The van der Waals surface area contributed by atoms with Gasteiger partial charge < -0.3 is 9.80 Å². The molecule has 0 fully saturated rings. The summed E-state index contributed by atoms with van der Waals surface area (Å²) in [4.78, 5) is 7.50. The van der Waals surface area contributed by atoms with Crippen LogP contribution in [0.1, 0.15) is 54.0 Å². The van der Waals surface area contributed by atoms with Gasteiger partial charge in [0, 0.05) is 39.3 Å². The van der Waals surface area contributed by atoms with Crippen molar-refractivity contribution in [3.05, 3.63) is 191 Å². The van der Waals surface area contributed by atoms with Crippen LogP contribution in [0, 0.1) is 5.92 Å². The molecule has 4 aliphatic rings. The van der Waals surface area contributed by atoms with E-state index in [0.29, 0.717) is 11.8 Å². The van der Waals surface area contributed by atoms with Crippen LogP contribution >= 0.6 is 11.8 Å². The van der Waals surface area contributed by atoms with E-state index in [2.05, 4.69) is 194 Å². The zero-order chi connectivity index (χ0) is 35.5. The van der Waals surface area contributed by atoms with E-state index in [0.717, 1.165) is 6.54 Å². The number of hydrogen-bond acceptors (Lipinski definition) is 3. The van der Waals surface area contributed by atoms with Gasteiger partial charge in [-0.25, -0.2) is 0 Å². The predicted octanol–water partition coefficient (Wildman–Crippen LogP) is 13.4. The number of para-hydroxylation sites is 3. The first-order valence-electron chi connectivity index (χ1n) is 19.0. The van der Waals surface area contributed by atoms with Gasteiger partial charge >= 0.3 is 0 Å². The van der Waals surface area contributed by atoms with Crippen LogP contribution in [0.2, 0.25) is 0 Å². The maximum absolute atomic E-state index is 2.57. The number of anilines is 4. The number of aryl methyl sites for hydroxylation is 1. The Morgan fingerprint density at radius 1 is 0.660 bits per heavy atom. The first kappa shape index (κ1) is 32.2. The molecular formula is C50H42N2S. The van der Waals surface area contributed by atoms with Crippen molar-refractivity contribution in [3.8, 4) is 11.1 Å². The fraction of sp³-hybridized carbons (Fsp3) is 0.160. The molecule has 0 N–H and O–H groups in total. The lowest BCUT2D eigenvalue weighted by Gasteiger charge is -2.37. The first-order valence-corrected chi connectivity index (χ1v) is 19.8. The number of nitrogens with zero attached hydrogens (tertiary/aromatic N) is 2. The van der Waals surface area contributed by atoms with Gasteiger partial charge in [-0.05, 0) is 112 Å². The van der Waals surface area contributed by atoms with Gasteiger partial charge in [0.25, 0.3) is 0 Å². The van der Waals surface area contributed by atoms with E-state index in [-0.39, 0.29) is 5.41 Å². The van der Waals surface area contributed by atoms with Crippen molar-refractivity contribution in [1.82, 2.24) is 0 Å². The highest BCUT2D eigenvalue weighted by Gasteiger charge is 2.45. The number of benzene rings is 6. The number of allylic oxidation sites excluding steroid dienone is 3. The summed E-state index contributed by atoms with van der Waals surface area (Å²) in [5.74, 6) is 0.862. The summed E-state index contributed by atoms with van der Waals surface area (Å²) in [6, 6.07) is 51.4. The van der Waals surface area contributed by atoms with Crippen LogP contribution in [0.15, 0.2) is 173 Å². The molecule has 0 spiro atoms. The second-order valence-corrected chi connectivity index (χ2v) is 16.4. The molecule has 0 amide bonds. The second-order valence-electron chi connectivity index (χ2n) is 15.3. The summed E-state index contributed by atoms with van der Waals surface area (Å²) >= 11 is 1.84. The Kier molecular flexibility index (Phi) is 7.80. The van der Waals surface area contributed by atoms with Gasteiger partial charge in [-0.2, -0.15) is 0 Å². The van der Waals surface area contributed by atoms with E-state index in [4.69, 9.17) is 0 Å². The molecule has 2 aliphatic carbocycles. The van der Waals surface area contributed by atoms with E-state index >= 15 is 0 Å². The lowest BCUT2D eigenvalue weighted by molar-refractivity contribution is 0.391. The summed E-state index contributed by atoms with van der Waals surface area (Å²) in [5.41, 5.74) is 15.7. The third-order valence-corrected chi connectivity index (χ3v) is 13.0. The van der Waals surface area contributed by atoms with Crippen LogP contribution in [-0.4, -0.2) is 6.54 Å². The predicted molar refractivity (Wildman–Crippen MR) is 225 cm³/mol. The molecule has 2 nitrogen and oxygen atoms in total. The van der Waals surface area contributed by atoms with Gasteiger partial charge in [-0.3, -0.25) is 0 Å². The molecule has 258 valence electrons. The van der Waals surface area contributed by atoms with E-state index in [9.17, 15) is 0 Å². The fourth-order valence-electron chi connectivity index (χ4n) is 9.09. The molecule has 0 aromatic heterocycles. The second kappa shape index (κ2) is 12.9. The Bertz CT molecular complexity index is 2420. The average Bonchev–Trinajstić information content (AvgIpc) is 3.43. The zero-order valence-corrected chi connectivity index (χ0v) is 31.1. The van der Waals surface area contributed by atoms with E-state index in [1.165, 1.54) is 90.0 Å². The Morgan fingerprint density at radius 3 is 2.15 bits per heavy atom. The van der Waals surface area contributed by atoms with Gasteiger partial charge in [0.1, 0.15) is 0 Å². The van der Waals surface area contributed by atoms with E-state index in [1.807, 2.05) is 11.8 Å².